The molecule has 0 spiro atoms. The second-order valence-electron chi connectivity index (χ2n) is 10.2. The number of hydrogen-bond donors (Lipinski definition) is 2. The molecule has 7 nitrogen and oxygen atoms in total. The van der Waals surface area contributed by atoms with Crippen molar-refractivity contribution in [2.45, 2.75) is 26.8 Å². The van der Waals surface area contributed by atoms with Crippen LogP contribution in [0.1, 0.15) is 38.5 Å². The van der Waals surface area contributed by atoms with Crippen LogP contribution in [-0.4, -0.2) is 15.9 Å². The number of pyridine rings is 1. The summed E-state index contributed by atoms with van der Waals surface area (Å²) in [5.74, 6) is 1.75. The Bertz CT molecular complexity index is 2020. The Hall–Kier alpha value is -5.17. The van der Waals surface area contributed by atoms with Crippen LogP contribution in [0.3, 0.4) is 0 Å². The van der Waals surface area contributed by atoms with Crippen LogP contribution in [0, 0.1) is 13.8 Å². The molecule has 7 rings (SSSR count). The van der Waals surface area contributed by atoms with Gasteiger partial charge in [0.25, 0.3) is 5.91 Å². The molecule has 3 N–H and O–H groups in total. The average molecular weight is 527 g/mol. The molecule has 7 heteroatoms. The fourth-order valence-electron chi connectivity index (χ4n) is 5.50. The van der Waals surface area contributed by atoms with Crippen LogP contribution in [0.2, 0.25) is 0 Å². The van der Waals surface area contributed by atoms with Gasteiger partial charge in [-0.3, -0.25) is 4.79 Å². The van der Waals surface area contributed by atoms with Crippen molar-refractivity contribution in [2.75, 3.05) is 5.73 Å². The number of carbonyl (C=O) groups excluding carboxylic acids is 1. The van der Waals surface area contributed by atoms with E-state index in [-0.39, 0.29) is 5.91 Å². The van der Waals surface area contributed by atoms with Crippen molar-refractivity contribution in [3.8, 4) is 11.5 Å². The first-order valence-corrected chi connectivity index (χ1v) is 13.2. The van der Waals surface area contributed by atoms with E-state index in [9.17, 15) is 4.79 Å². The molecule has 1 amide bonds. The average Bonchev–Trinajstić information content (AvgIpc) is 3.67. The number of benzene rings is 4. The first-order valence-electron chi connectivity index (χ1n) is 13.2. The Morgan fingerprint density at radius 1 is 0.875 bits per heavy atom. The maximum atomic E-state index is 13.0. The number of amides is 1. The Labute approximate surface area is 230 Å². The van der Waals surface area contributed by atoms with Gasteiger partial charge in [-0.25, -0.2) is 9.97 Å². The van der Waals surface area contributed by atoms with E-state index in [4.69, 9.17) is 14.6 Å². The van der Waals surface area contributed by atoms with Crippen molar-refractivity contribution in [2.24, 2.45) is 0 Å². The largest absolute Gasteiger partial charge is 0.455 e. The van der Waals surface area contributed by atoms with Crippen LogP contribution < -0.4 is 11.1 Å². The molecule has 196 valence electrons. The van der Waals surface area contributed by atoms with Crippen LogP contribution in [0.5, 0.6) is 0 Å². The smallest absolute Gasteiger partial charge is 0.251 e. The molecule has 40 heavy (non-hydrogen) atoms. The lowest BCUT2D eigenvalue weighted by Gasteiger charge is -2.11. The first-order chi connectivity index (χ1) is 19.4. The van der Waals surface area contributed by atoms with Crippen LogP contribution in [0.4, 0.5) is 5.82 Å². The van der Waals surface area contributed by atoms with Gasteiger partial charge in [0, 0.05) is 51.3 Å². The summed E-state index contributed by atoms with van der Waals surface area (Å²) in [6.45, 7) is 4.26. The summed E-state index contributed by atoms with van der Waals surface area (Å²) in [4.78, 5) is 21.8. The number of fused-ring (bicyclic) bond motifs is 8. The normalized spacial score (nSPS) is 11.7. The van der Waals surface area contributed by atoms with Gasteiger partial charge < -0.3 is 19.9 Å². The Morgan fingerprint density at radius 2 is 1.62 bits per heavy atom. The molecule has 7 aromatic rings. The standard InChI is InChI=1S/C33H26N4O3/c1-18-12-29(34)37-19(2)28(18)17-35-32(38)22-9-11-25-27(15-22)31-24-10-8-20(14-26(24)30(25)40-31)13-23-16-36-33(39-23)21-6-4-3-5-7-21/h3-12,14-16H,13,17H2,1-2H3,(H2,34,37)(H,35,38). The van der Waals surface area contributed by atoms with E-state index in [1.807, 2.05) is 68.4 Å². The van der Waals surface area contributed by atoms with E-state index in [0.717, 1.165) is 66.4 Å². The van der Waals surface area contributed by atoms with Crippen LogP contribution in [-0.2, 0) is 13.0 Å². The molecule has 0 fully saturated rings. The van der Waals surface area contributed by atoms with Crippen LogP contribution >= 0.6 is 0 Å². The molecular formula is C33H26N4O3. The zero-order valence-corrected chi connectivity index (χ0v) is 22.1. The Morgan fingerprint density at radius 3 is 2.40 bits per heavy atom. The molecule has 0 saturated carbocycles. The Kier molecular flexibility index (Phi) is 5.52. The van der Waals surface area contributed by atoms with Gasteiger partial charge in [-0.1, -0.05) is 30.3 Å². The van der Waals surface area contributed by atoms with Gasteiger partial charge in [-0.2, -0.15) is 0 Å². The number of nitrogens with zero attached hydrogens (tertiary/aromatic N) is 2. The monoisotopic (exact) mass is 526 g/mol. The summed E-state index contributed by atoms with van der Waals surface area (Å²) >= 11 is 0. The van der Waals surface area contributed by atoms with E-state index in [1.54, 1.807) is 6.20 Å². The molecule has 0 atom stereocenters. The molecule has 3 aromatic carbocycles. The number of nitrogen functional groups attached to an aromatic ring is 1. The molecule has 0 aliphatic rings. The van der Waals surface area contributed by atoms with Gasteiger partial charge in [-0.15, -0.1) is 0 Å². The molecular weight excluding hydrogens is 500 g/mol. The maximum Gasteiger partial charge on any atom is 0.251 e. The van der Waals surface area contributed by atoms with Crippen molar-refractivity contribution in [1.82, 2.24) is 15.3 Å². The van der Waals surface area contributed by atoms with E-state index in [1.165, 1.54) is 0 Å². The number of oxazole rings is 1. The third kappa shape index (κ3) is 4.03. The molecule has 0 unspecified atom stereocenters. The van der Waals surface area contributed by atoms with E-state index in [0.29, 0.717) is 30.2 Å². The molecule has 4 heterocycles. The minimum Gasteiger partial charge on any atom is -0.455 e. The molecule has 2 bridgehead atoms. The van der Waals surface area contributed by atoms with Gasteiger partial charge >= 0.3 is 0 Å². The number of nitrogens with two attached hydrogens (primary N) is 1. The predicted molar refractivity (Wildman–Crippen MR) is 156 cm³/mol. The fraction of sp³-hybridized carbons (Fsp3) is 0.121. The van der Waals surface area contributed by atoms with E-state index >= 15 is 0 Å². The molecule has 4 aromatic heterocycles. The highest BCUT2D eigenvalue weighted by Crippen LogP contribution is 2.41. The number of aromatic nitrogens is 2. The SMILES string of the molecule is Cc1cc(N)nc(C)c1CNC(=O)c1ccc2c(c1)c1oc2c2cc(Cc3cnc(-c4ccccc4)o3)ccc21. The van der Waals surface area contributed by atoms with Crippen molar-refractivity contribution in [3.63, 3.8) is 0 Å². The first kappa shape index (κ1) is 23.9. The topological polar surface area (TPSA) is 107 Å². The van der Waals surface area contributed by atoms with E-state index < -0.39 is 0 Å². The molecule has 0 saturated heterocycles. The third-order valence-electron chi connectivity index (χ3n) is 7.50. The summed E-state index contributed by atoms with van der Waals surface area (Å²) in [5, 5.41) is 7.05. The minimum absolute atomic E-state index is 0.149. The summed E-state index contributed by atoms with van der Waals surface area (Å²) in [6.07, 6.45) is 2.42. The summed E-state index contributed by atoms with van der Waals surface area (Å²) in [7, 11) is 0. The predicted octanol–water partition coefficient (Wildman–Crippen LogP) is 6.95. The van der Waals surface area contributed by atoms with Gasteiger partial charge in [0.15, 0.2) is 0 Å². The number of rotatable bonds is 6. The number of anilines is 1. The van der Waals surface area contributed by atoms with Gasteiger partial charge in [0.05, 0.1) is 6.20 Å². The third-order valence-corrected chi connectivity index (χ3v) is 7.50. The zero-order chi connectivity index (χ0) is 27.4. The summed E-state index contributed by atoms with van der Waals surface area (Å²) in [5.41, 5.74) is 12.9. The molecule has 0 radical (unpaired) electrons. The van der Waals surface area contributed by atoms with E-state index in [2.05, 4.69) is 33.5 Å². The highest BCUT2D eigenvalue weighted by Gasteiger charge is 2.20. The minimum atomic E-state index is -0.149. The summed E-state index contributed by atoms with van der Waals surface area (Å²) < 4.78 is 12.2. The van der Waals surface area contributed by atoms with Crippen molar-refractivity contribution >= 4 is 44.4 Å². The van der Waals surface area contributed by atoms with Crippen molar-refractivity contribution < 1.29 is 13.6 Å². The lowest BCUT2D eigenvalue weighted by atomic mass is 9.99. The molecule has 0 aliphatic heterocycles. The van der Waals surface area contributed by atoms with Gasteiger partial charge in [0.1, 0.15) is 22.7 Å². The van der Waals surface area contributed by atoms with Crippen LogP contribution in [0.15, 0.2) is 87.8 Å². The van der Waals surface area contributed by atoms with Gasteiger partial charge in [-0.05, 0) is 73.0 Å². The number of furan rings is 2. The number of nitrogens with one attached hydrogen (secondary N) is 1. The van der Waals surface area contributed by atoms with Crippen LogP contribution in [0.25, 0.3) is 44.2 Å². The number of carbonyl (C=O) groups is 1. The Balaban J connectivity index is 1.14. The maximum absolute atomic E-state index is 13.0. The summed E-state index contributed by atoms with van der Waals surface area (Å²) in [6, 6.07) is 23.7. The molecule has 0 aliphatic carbocycles. The van der Waals surface area contributed by atoms with Gasteiger partial charge in [0.2, 0.25) is 5.89 Å². The second kappa shape index (κ2) is 9.24. The fourth-order valence-corrected chi connectivity index (χ4v) is 5.50. The quantitative estimate of drug-likeness (QED) is 0.227. The lowest BCUT2D eigenvalue weighted by molar-refractivity contribution is 0.0951. The zero-order valence-electron chi connectivity index (χ0n) is 22.1. The van der Waals surface area contributed by atoms with Crippen molar-refractivity contribution in [1.29, 1.82) is 0 Å². The number of aryl methyl sites for hydroxylation is 2. The lowest BCUT2D eigenvalue weighted by Crippen LogP contribution is -2.24. The highest BCUT2D eigenvalue weighted by molar-refractivity contribution is 6.25. The van der Waals surface area contributed by atoms with Crippen molar-refractivity contribution in [3.05, 3.63) is 113 Å². The second-order valence-corrected chi connectivity index (χ2v) is 10.2. The number of hydrogen-bond acceptors (Lipinski definition) is 6. The highest BCUT2D eigenvalue weighted by atomic mass is 16.4.